The number of rotatable bonds is 14. The zero-order valence-corrected chi connectivity index (χ0v) is 25.6. The van der Waals surface area contributed by atoms with Crippen LogP contribution in [0, 0.1) is 0 Å². The van der Waals surface area contributed by atoms with Gasteiger partial charge < -0.3 is 20.2 Å². The maximum absolute atomic E-state index is 12.9. The number of β-lactam (4-membered cyclic amide) rings is 1. The molecule has 0 aliphatic carbocycles. The van der Waals surface area contributed by atoms with Crippen molar-refractivity contribution in [2.75, 3.05) is 16.9 Å². The lowest BCUT2D eigenvalue weighted by molar-refractivity contribution is -0.144. The number of ether oxygens (including phenoxy) is 1. The zero-order chi connectivity index (χ0) is 31.7. The number of alkyl halides is 1. The van der Waals surface area contributed by atoms with E-state index < -0.39 is 57.3 Å². The number of thiazole rings is 1. The summed E-state index contributed by atoms with van der Waals surface area (Å²) >= 11 is 7.23. The minimum Gasteiger partial charge on any atom is -0.452 e. The third kappa shape index (κ3) is 8.76. The SMILES string of the molecule is O=C(C=NOCc1csc(NC(=O)CCl)n1)N[C@@H]1C(=O)N(S(=O)(=O)O)[C@@H]1SCC(=O)OC(c1ccccc1)c1ccccc1. The molecule has 3 amide bonds. The number of halogens is 1. The molecule has 1 aliphatic heterocycles. The van der Waals surface area contributed by atoms with Gasteiger partial charge in [-0.2, -0.15) is 12.7 Å². The van der Waals surface area contributed by atoms with Gasteiger partial charge in [-0.15, -0.1) is 34.7 Å². The van der Waals surface area contributed by atoms with E-state index in [2.05, 4.69) is 20.8 Å². The van der Waals surface area contributed by atoms with Gasteiger partial charge in [0.2, 0.25) is 5.91 Å². The summed E-state index contributed by atoms with van der Waals surface area (Å²) in [6.45, 7) is -0.149. The third-order valence-corrected chi connectivity index (χ3v) is 9.06. The van der Waals surface area contributed by atoms with Crippen LogP contribution < -0.4 is 10.6 Å². The van der Waals surface area contributed by atoms with Crippen LogP contribution >= 0.6 is 34.7 Å². The van der Waals surface area contributed by atoms with Crippen LogP contribution in [-0.4, -0.2) is 75.2 Å². The van der Waals surface area contributed by atoms with Crippen LogP contribution in [0.4, 0.5) is 5.13 Å². The van der Waals surface area contributed by atoms with Crippen LogP contribution in [0.3, 0.4) is 0 Å². The fraction of sp³-hybridized carbons (Fsp3) is 0.231. The number of aromatic nitrogens is 1. The molecule has 14 nitrogen and oxygen atoms in total. The molecular weight excluding hydrogens is 658 g/mol. The highest BCUT2D eigenvalue weighted by molar-refractivity contribution is 8.01. The molecule has 3 N–H and O–H groups in total. The Morgan fingerprint density at radius 3 is 2.36 bits per heavy atom. The summed E-state index contributed by atoms with van der Waals surface area (Å²) in [6, 6.07) is 16.5. The number of thioether (sulfide) groups is 1. The van der Waals surface area contributed by atoms with Crippen molar-refractivity contribution >= 4 is 80.0 Å². The Balaban J connectivity index is 1.33. The van der Waals surface area contributed by atoms with Crippen LogP contribution in [-0.2, 0) is 45.7 Å². The number of amides is 3. The van der Waals surface area contributed by atoms with Crippen molar-refractivity contribution in [1.82, 2.24) is 14.6 Å². The lowest BCUT2D eigenvalue weighted by atomic mass is 10.0. The molecule has 3 aromatic rings. The fourth-order valence-corrected chi connectivity index (χ4v) is 6.85. The molecule has 0 unspecified atom stereocenters. The number of carbonyl (C=O) groups excluding carboxylic acids is 4. The van der Waals surface area contributed by atoms with Crippen molar-refractivity contribution in [3.63, 3.8) is 0 Å². The normalized spacial score (nSPS) is 16.4. The molecule has 2 aromatic carbocycles. The summed E-state index contributed by atoms with van der Waals surface area (Å²) in [5.74, 6) is -3.82. The first kappa shape index (κ1) is 32.9. The van der Waals surface area contributed by atoms with Gasteiger partial charge in [0.25, 0.3) is 11.8 Å². The number of anilines is 1. The summed E-state index contributed by atoms with van der Waals surface area (Å²) in [5.41, 5.74) is 1.81. The second-order valence-corrected chi connectivity index (χ2v) is 12.3. The average Bonchev–Trinajstić information content (AvgIpc) is 3.45. The van der Waals surface area contributed by atoms with Gasteiger partial charge in [0.05, 0.1) is 11.4 Å². The summed E-state index contributed by atoms with van der Waals surface area (Å²) in [5, 5.41) is 8.79. The number of oxime groups is 1. The molecule has 0 bridgehead atoms. The number of nitrogens with one attached hydrogen (secondary N) is 2. The molecule has 0 spiro atoms. The Labute approximate surface area is 264 Å². The first-order valence-corrected chi connectivity index (χ1v) is 16.4. The molecule has 18 heteroatoms. The Morgan fingerprint density at radius 2 is 1.77 bits per heavy atom. The number of benzene rings is 2. The van der Waals surface area contributed by atoms with Crippen LogP contribution in [0.2, 0.25) is 0 Å². The minimum absolute atomic E-state index is 0.149. The molecule has 0 saturated carbocycles. The number of hydrogen-bond donors (Lipinski definition) is 3. The first-order valence-electron chi connectivity index (χ1n) is 12.5. The monoisotopic (exact) mass is 681 g/mol. The molecule has 4 rings (SSSR count). The van der Waals surface area contributed by atoms with E-state index >= 15 is 0 Å². The highest BCUT2D eigenvalue weighted by atomic mass is 35.5. The van der Waals surface area contributed by atoms with E-state index in [1.165, 1.54) is 0 Å². The fourth-order valence-electron chi connectivity index (χ4n) is 3.85. The van der Waals surface area contributed by atoms with Crippen molar-refractivity contribution in [2.45, 2.75) is 24.1 Å². The predicted molar refractivity (Wildman–Crippen MR) is 162 cm³/mol. The van der Waals surface area contributed by atoms with Crippen LogP contribution in [0.25, 0.3) is 0 Å². The third-order valence-electron chi connectivity index (χ3n) is 5.75. The first-order chi connectivity index (χ1) is 21.1. The maximum atomic E-state index is 12.9. The zero-order valence-electron chi connectivity index (χ0n) is 22.4. The molecule has 232 valence electrons. The van der Waals surface area contributed by atoms with Gasteiger partial charge in [-0.3, -0.25) is 23.7 Å². The molecule has 2 heterocycles. The van der Waals surface area contributed by atoms with Gasteiger partial charge in [0.15, 0.2) is 17.8 Å². The minimum atomic E-state index is -4.99. The standard InChI is InChI=1S/C26H24ClN5O9S3/c27-11-19(33)31-26-29-18(14-43-26)13-40-28-12-20(34)30-22-24(36)32(44(37,38)39)25(22)42-15-21(35)41-23(16-7-3-1-4-8-16)17-9-5-2-6-10-17/h1-10,12,14,22-23,25H,11,13,15H2,(H,30,34)(H,29,31,33)(H,37,38,39)/t22-,25-/m1/s1. The maximum Gasteiger partial charge on any atom is 0.363 e. The van der Waals surface area contributed by atoms with E-state index in [-0.39, 0.29) is 16.8 Å². The Bertz CT molecular complexity index is 1580. The predicted octanol–water partition coefficient (Wildman–Crippen LogP) is 2.34. The number of hydrogen-bond acceptors (Lipinski definition) is 12. The second kappa shape index (κ2) is 15.1. The smallest absolute Gasteiger partial charge is 0.363 e. The van der Waals surface area contributed by atoms with E-state index in [4.69, 9.17) is 21.2 Å². The van der Waals surface area contributed by atoms with Gasteiger partial charge in [-0.05, 0) is 11.1 Å². The molecule has 0 radical (unpaired) electrons. The lowest BCUT2D eigenvalue weighted by Gasteiger charge is -2.43. The molecule has 2 atom stereocenters. The molecule has 44 heavy (non-hydrogen) atoms. The van der Waals surface area contributed by atoms with Crippen LogP contribution in [0.15, 0.2) is 71.2 Å². The second-order valence-electron chi connectivity index (χ2n) is 8.82. The van der Waals surface area contributed by atoms with E-state index in [9.17, 15) is 32.1 Å². The number of nitrogens with zero attached hydrogens (tertiary/aromatic N) is 3. The highest BCUT2D eigenvalue weighted by Crippen LogP contribution is 2.33. The van der Waals surface area contributed by atoms with Gasteiger partial charge in [-0.25, -0.2) is 4.98 Å². The van der Waals surface area contributed by atoms with Crippen LogP contribution in [0.1, 0.15) is 22.9 Å². The molecule has 1 aliphatic rings. The van der Waals surface area contributed by atoms with Crippen molar-refractivity contribution < 1.29 is 41.7 Å². The molecule has 1 saturated heterocycles. The largest absolute Gasteiger partial charge is 0.452 e. The Morgan fingerprint density at radius 1 is 1.14 bits per heavy atom. The van der Waals surface area contributed by atoms with Gasteiger partial charge in [0, 0.05) is 5.38 Å². The number of carbonyl (C=O) groups is 4. The van der Waals surface area contributed by atoms with Gasteiger partial charge in [0.1, 0.15) is 23.5 Å². The summed E-state index contributed by atoms with van der Waals surface area (Å²) in [7, 11) is -4.99. The van der Waals surface area contributed by atoms with Gasteiger partial charge >= 0.3 is 16.3 Å². The van der Waals surface area contributed by atoms with Crippen molar-refractivity contribution in [2.24, 2.45) is 5.16 Å². The summed E-state index contributed by atoms with van der Waals surface area (Å²) < 4.78 is 39.0. The summed E-state index contributed by atoms with van der Waals surface area (Å²) in [4.78, 5) is 58.1. The molecule has 1 aromatic heterocycles. The van der Waals surface area contributed by atoms with Gasteiger partial charge in [-0.1, -0.05) is 65.8 Å². The van der Waals surface area contributed by atoms with E-state index in [0.717, 1.165) is 11.3 Å². The van der Waals surface area contributed by atoms with Crippen LogP contribution in [0.5, 0.6) is 0 Å². The van der Waals surface area contributed by atoms with Crippen molar-refractivity contribution in [3.05, 3.63) is 82.9 Å². The topological polar surface area (TPSA) is 194 Å². The molecule has 1 fully saturated rings. The Kier molecular flexibility index (Phi) is 11.3. The van der Waals surface area contributed by atoms with E-state index in [1.807, 2.05) is 12.1 Å². The average molecular weight is 682 g/mol. The molecular formula is C26H24ClN5O9S3. The van der Waals surface area contributed by atoms with Crippen molar-refractivity contribution in [1.29, 1.82) is 0 Å². The highest BCUT2D eigenvalue weighted by Gasteiger charge is 2.54. The quantitative estimate of drug-likeness (QED) is 0.0565. The summed E-state index contributed by atoms with van der Waals surface area (Å²) in [6.07, 6.45) is -0.0372. The van der Waals surface area contributed by atoms with Crippen molar-refractivity contribution in [3.8, 4) is 0 Å². The van der Waals surface area contributed by atoms with E-state index in [1.54, 1.807) is 53.9 Å². The van der Waals surface area contributed by atoms with E-state index in [0.29, 0.717) is 39.9 Å². The number of esters is 1. The lowest BCUT2D eigenvalue weighted by Crippen LogP contribution is -2.70. The Hall–Kier alpha value is -4.03.